The lowest BCUT2D eigenvalue weighted by Gasteiger charge is -2.33. The van der Waals surface area contributed by atoms with E-state index in [0.717, 1.165) is 5.69 Å². The van der Waals surface area contributed by atoms with Crippen molar-refractivity contribution in [2.45, 2.75) is 39.2 Å². The first kappa shape index (κ1) is 13.7. The number of esters is 1. The third kappa shape index (κ3) is 3.19. The van der Waals surface area contributed by atoms with Gasteiger partial charge in [0, 0.05) is 17.4 Å². The number of rotatable bonds is 5. The normalized spacial score (nSPS) is 16.5. The zero-order chi connectivity index (χ0) is 13.8. The molecule has 1 atom stereocenters. The number of benzene rings is 1. The summed E-state index contributed by atoms with van der Waals surface area (Å²) in [6.07, 6.45) is 3.83. The van der Waals surface area contributed by atoms with Crippen LogP contribution in [0.2, 0.25) is 0 Å². The highest BCUT2D eigenvalue weighted by Crippen LogP contribution is 2.32. The van der Waals surface area contributed by atoms with E-state index < -0.39 is 0 Å². The highest BCUT2D eigenvalue weighted by molar-refractivity contribution is 5.96. The third-order valence-corrected chi connectivity index (χ3v) is 3.78. The monoisotopic (exact) mass is 262 g/mol. The molecule has 0 saturated heterocycles. The van der Waals surface area contributed by atoms with E-state index in [1.807, 2.05) is 6.07 Å². The lowest BCUT2D eigenvalue weighted by atomic mass is 9.80. The quantitative estimate of drug-likeness (QED) is 0.632. The number of nitrogens with two attached hydrogens (primary N) is 1. The molecule has 1 aromatic carbocycles. The Hall–Kier alpha value is -1.71. The fourth-order valence-corrected chi connectivity index (χ4v) is 2.37. The summed E-state index contributed by atoms with van der Waals surface area (Å²) in [6, 6.07) is 5.70. The molecule has 4 heteroatoms. The van der Waals surface area contributed by atoms with Crippen LogP contribution in [-0.4, -0.2) is 18.6 Å². The van der Waals surface area contributed by atoms with Crippen molar-refractivity contribution in [3.05, 3.63) is 23.8 Å². The molecule has 1 aromatic rings. The van der Waals surface area contributed by atoms with Crippen molar-refractivity contribution in [2.24, 2.45) is 5.92 Å². The lowest BCUT2D eigenvalue weighted by Crippen LogP contribution is -2.31. The molecule has 3 N–H and O–H groups in total. The zero-order valence-corrected chi connectivity index (χ0v) is 11.6. The molecular weight excluding hydrogens is 240 g/mol. The number of hydrogen-bond donors (Lipinski definition) is 2. The van der Waals surface area contributed by atoms with Gasteiger partial charge in [0.05, 0.1) is 12.2 Å². The second-order valence-electron chi connectivity index (χ2n) is 5.15. The SMILES string of the molecule is CCOC(=O)c1cc(N)ccc1NC(C)C1CCC1. The van der Waals surface area contributed by atoms with Gasteiger partial charge in [0.1, 0.15) is 0 Å². The van der Waals surface area contributed by atoms with Gasteiger partial charge in [-0.3, -0.25) is 0 Å². The maximum absolute atomic E-state index is 11.9. The Balaban J connectivity index is 2.15. The second kappa shape index (κ2) is 5.95. The molecule has 0 heterocycles. The summed E-state index contributed by atoms with van der Waals surface area (Å²) in [4.78, 5) is 11.9. The average Bonchev–Trinajstić information content (AvgIpc) is 2.29. The van der Waals surface area contributed by atoms with Crippen LogP contribution in [0.1, 0.15) is 43.5 Å². The van der Waals surface area contributed by atoms with Crippen molar-refractivity contribution in [1.82, 2.24) is 0 Å². The van der Waals surface area contributed by atoms with Crippen molar-refractivity contribution in [3.8, 4) is 0 Å². The molecule has 1 saturated carbocycles. The van der Waals surface area contributed by atoms with Crippen LogP contribution in [0.15, 0.2) is 18.2 Å². The topological polar surface area (TPSA) is 64.3 Å². The molecular formula is C15H22N2O2. The number of nitrogen functional groups attached to an aromatic ring is 1. The molecule has 0 bridgehead atoms. The van der Waals surface area contributed by atoms with Gasteiger partial charge in [0.15, 0.2) is 0 Å². The Kier molecular flexibility index (Phi) is 4.30. The number of hydrogen-bond acceptors (Lipinski definition) is 4. The van der Waals surface area contributed by atoms with Crippen LogP contribution in [0.3, 0.4) is 0 Å². The molecule has 4 nitrogen and oxygen atoms in total. The van der Waals surface area contributed by atoms with E-state index in [0.29, 0.717) is 29.8 Å². The Morgan fingerprint density at radius 3 is 2.84 bits per heavy atom. The highest BCUT2D eigenvalue weighted by atomic mass is 16.5. The molecule has 104 valence electrons. The van der Waals surface area contributed by atoms with Crippen molar-refractivity contribution >= 4 is 17.3 Å². The van der Waals surface area contributed by atoms with Crippen LogP contribution in [0, 0.1) is 5.92 Å². The first-order valence-corrected chi connectivity index (χ1v) is 6.95. The Morgan fingerprint density at radius 2 is 2.26 bits per heavy atom. The summed E-state index contributed by atoms with van der Waals surface area (Å²) in [7, 11) is 0. The van der Waals surface area contributed by atoms with E-state index >= 15 is 0 Å². The van der Waals surface area contributed by atoms with Gasteiger partial charge in [0.25, 0.3) is 0 Å². The van der Waals surface area contributed by atoms with Gasteiger partial charge in [-0.1, -0.05) is 6.42 Å². The molecule has 1 aliphatic carbocycles. The molecule has 0 amide bonds. The van der Waals surface area contributed by atoms with Crippen molar-refractivity contribution in [2.75, 3.05) is 17.7 Å². The first-order valence-electron chi connectivity index (χ1n) is 6.95. The minimum absolute atomic E-state index is 0.321. The fourth-order valence-electron chi connectivity index (χ4n) is 2.37. The maximum atomic E-state index is 11.9. The smallest absolute Gasteiger partial charge is 0.340 e. The van der Waals surface area contributed by atoms with Crippen LogP contribution >= 0.6 is 0 Å². The molecule has 2 rings (SSSR count). The molecule has 1 unspecified atom stereocenters. The van der Waals surface area contributed by atoms with Gasteiger partial charge in [-0.2, -0.15) is 0 Å². The van der Waals surface area contributed by atoms with Crippen LogP contribution < -0.4 is 11.1 Å². The molecule has 1 aliphatic rings. The molecule has 0 radical (unpaired) electrons. The van der Waals surface area contributed by atoms with Crippen molar-refractivity contribution in [3.63, 3.8) is 0 Å². The molecule has 1 fully saturated rings. The first-order chi connectivity index (χ1) is 9.11. The third-order valence-electron chi connectivity index (χ3n) is 3.78. The van der Waals surface area contributed by atoms with E-state index in [4.69, 9.17) is 10.5 Å². The zero-order valence-electron chi connectivity index (χ0n) is 11.6. The van der Waals surface area contributed by atoms with Gasteiger partial charge >= 0.3 is 5.97 Å². The molecule has 0 spiro atoms. The summed E-state index contributed by atoms with van der Waals surface area (Å²) in [5.41, 5.74) is 7.66. The minimum atomic E-state index is -0.321. The van der Waals surface area contributed by atoms with E-state index in [1.54, 1.807) is 19.1 Å². The molecule has 0 aromatic heterocycles. The summed E-state index contributed by atoms with van der Waals surface area (Å²) in [5.74, 6) is 0.380. The van der Waals surface area contributed by atoms with E-state index in [-0.39, 0.29) is 5.97 Å². The standard InChI is InChI=1S/C15H22N2O2/c1-3-19-15(18)13-9-12(16)7-8-14(13)17-10(2)11-5-4-6-11/h7-11,17H,3-6,16H2,1-2H3. The number of carbonyl (C=O) groups is 1. The fraction of sp³-hybridized carbons (Fsp3) is 0.533. The van der Waals surface area contributed by atoms with E-state index in [1.165, 1.54) is 19.3 Å². The minimum Gasteiger partial charge on any atom is -0.462 e. The van der Waals surface area contributed by atoms with Crippen LogP contribution in [0.25, 0.3) is 0 Å². The lowest BCUT2D eigenvalue weighted by molar-refractivity contribution is 0.0527. The predicted molar refractivity (Wildman–Crippen MR) is 77.2 cm³/mol. The Labute approximate surface area is 114 Å². The Bertz CT molecular complexity index is 455. The number of carbonyl (C=O) groups excluding carboxylic acids is 1. The van der Waals surface area contributed by atoms with Gasteiger partial charge < -0.3 is 15.8 Å². The van der Waals surface area contributed by atoms with Crippen LogP contribution in [0.4, 0.5) is 11.4 Å². The van der Waals surface area contributed by atoms with Gasteiger partial charge in [-0.25, -0.2) is 4.79 Å². The number of anilines is 2. The van der Waals surface area contributed by atoms with Gasteiger partial charge in [-0.05, 0) is 50.8 Å². The summed E-state index contributed by atoms with van der Waals surface area (Å²) < 4.78 is 5.07. The van der Waals surface area contributed by atoms with E-state index in [9.17, 15) is 4.79 Å². The largest absolute Gasteiger partial charge is 0.462 e. The summed E-state index contributed by atoms with van der Waals surface area (Å²) in [6.45, 7) is 4.33. The number of nitrogens with one attached hydrogen (secondary N) is 1. The average molecular weight is 262 g/mol. The predicted octanol–water partition coefficient (Wildman–Crippen LogP) is 3.05. The van der Waals surface area contributed by atoms with Crippen molar-refractivity contribution in [1.29, 1.82) is 0 Å². The highest BCUT2D eigenvalue weighted by Gasteiger charge is 2.25. The maximum Gasteiger partial charge on any atom is 0.340 e. The van der Waals surface area contributed by atoms with Crippen molar-refractivity contribution < 1.29 is 9.53 Å². The second-order valence-corrected chi connectivity index (χ2v) is 5.15. The summed E-state index contributed by atoms with van der Waals surface area (Å²) in [5, 5.41) is 3.42. The van der Waals surface area contributed by atoms with E-state index in [2.05, 4.69) is 12.2 Å². The number of ether oxygens (including phenoxy) is 1. The Morgan fingerprint density at radius 1 is 1.53 bits per heavy atom. The molecule has 19 heavy (non-hydrogen) atoms. The summed E-state index contributed by atoms with van der Waals surface area (Å²) >= 11 is 0. The van der Waals surface area contributed by atoms with Gasteiger partial charge in [0.2, 0.25) is 0 Å². The van der Waals surface area contributed by atoms with Crippen LogP contribution in [0.5, 0.6) is 0 Å². The molecule has 0 aliphatic heterocycles. The van der Waals surface area contributed by atoms with Gasteiger partial charge in [-0.15, -0.1) is 0 Å². The van der Waals surface area contributed by atoms with Crippen LogP contribution in [-0.2, 0) is 4.74 Å².